The third-order valence-corrected chi connectivity index (χ3v) is 13.2. The first-order valence-corrected chi connectivity index (χ1v) is 23.3. The van der Waals surface area contributed by atoms with E-state index in [9.17, 15) is 0 Å². The van der Waals surface area contributed by atoms with Crippen LogP contribution in [0.5, 0.6) is 0 Å². The van der Waals surface area contributed by atoms with Crippen LogP contribution in [-0.2, 0) is 0 Å². The first-order chi connectivity index (χ1) is 33.7. The normalized spacial score (nSPS) is 11.2. The largest absolute Gasteiger partial charge is 0.310 e. The summed E-state index contributed by atoms with van der Waals surface area (Å²) in [6.07, 6.45) is 0. The maximum absolute atomic E-state index is 2.49. The molecule has 0 amide bonds. The van der Waals surface area contributed by atoms with Crippen LogP contribution in [0.3, 0.4) is 0 Å². The highest BCUT2D eigenvalue weighted by atomic mass is 15.1. The first-order valence-electron chi connectivity index (χ1n) is 23.3. The molecule has 12 aromatic rings. The monoisotopic (exact) mass is 866 g/mol. The molecule has 11 aromatic carbocycles. The molecule has 12 rings (SSSR count). The Labute approximate surface area is 397 Å². The zero-order valence-electron chi connectivity index (χ0n) is 37.5. The summed E-state index contributed by atoms with van der Waals surface area (Å²) in [5, 5.41) is 2.44. The molecule has 0 fully saturated rings. The van der Waals surface area contributed by atoms with Gasteiger partial charge in [0.15, 0.2) is 0 Å². The highest BCUT2D eigenvalue weighted by Crippen LogP contribution is 2.46. The Bertz CT molecular complexity index is 3600. The minimum absolute atomic E-state index is 1.08. The van der Waals surface area contributed by atoms with Crippen molar-refractivity contribution in [2.45, 2.75) is 0 Å². The van der Waals surface area contributed by atoms with Crippen LogP contribution in [0.4, 0.5) is 17.1 Å². The molecule has 1 heterocycles. The Hall–Kier alpha value is -8.98. The van der Waals surface area contributed by atoms with Crippen LogP contribution < -0.4 is 4.90 Å². The van der Waals surface area contributed by atoms with Crippen LogP contribution in [-0.4, -0.2) is 4.57 Å². The second-order valence-electron chi connectivity index (χ2n) is 17.3. The van der Waals surface area contributed by atoms with Gasteiger partial charge in [-0.25, -0.2) is 0 Å². The third kappa shape index (κ3) is 7.54. The second kappa shape index (κ2) is 17.8. The fourth-order valence-electron chi connectivity index (χ4n) is 9.95. The second-order valence-corrected chi connectivity index (χ2v) is 17.3. The molecule has 1 aromatic heterocycles. The average Bonchev–Trinajstić information content (AvgIpc) is 3.76. The van der Waals surface area contributed by atoms with E-state index in [-0.39, 0.29) is 0 Å². The molecule has 0 N–H and O–H groups in total. The van der Waals surface area contributed by atoms with E-state index in [2.05, 4.69) is 289 Å². The highest BCUT2D eigenvalue weighted by Gasteiger charge is 2.22. The molecular formula is C66H46N2. The van der Waals surface area contributed by atoms with Crippen molar-refractivity contribution in [2.24, 2.45) is 0 Å². The van der Waals surface area contributed by atoms with Crippen LogP contribution in [0.25, 0.3) is 94.3 Å². The van der Waals surface area contributed by atoms with Crippen molar-refractivity contribution in [3.63, 3.8) is 0 Å². The fourth-order valence-corrected chi connectivity index (χ4v) is 9.95. The number of benzene rings is 11. The molecule has 0 saturated heterocycles. The van der Waals surface area contributed by atoms with E-state index in [4.69, 9.17) is 0 Å². The summed E-state index contributed by atoms with van der Waals surface area (Å²) in [6, 6.07) is 101. The van der Waals surface area contributed by atoms with Crippen LogP contribution in [0.1, 0.15) is 0 Å². The van der Waals surface area contributed by atoms with Gasteiger partial charge in [0.1, 0.15) is 0 Å². The van der Waals surface area contributed by atoms with E-state index in [1.165, 1.54) is 66.4 Å². The highest BCUT2D eigenvalue weighted by molar-refractivity contribution is 6.11. The Kier molecular flexibility index (Phi) is 10.6. The van der Waals surface area contributed by atoms with Gasteiger partial charge in [-0.3, -0.25) is 0 Å². The van der Waals surface area contributed by atoms with Gasteiger partial charge in [0, 0.05) is 33.3 Å². The molecule has 0 bridgehead atoms. The van der Waals surface area contributed by atoms with Crippen molar-refractivity contribution in [3.8, 4) is 72.4 Å². The van der Waals surface area contributed by atoms with Crippen molar-refractivity contribution >= 4 is 38.9 Å². The lowest BCUT2D eigenvalue weighted by molar-refractivity contribution is 1.18. The van der Waals surface area contributed by atoms with E-state index in [1.54, 1.807) is 0 Å². The van der Waals surface area contributed by atoms with Crippen molar-refractivity contribution in [2.75, 3.05) is 4.90 Å². The van der Waals surface area contributed by atoms with Gasteiger partial charge in [0.25, 0.3) is 0 Å². The number of hydrogen-bond acceptors (Lipinski definition) is 1. The van der Waals surface area contributed by atoms with Crippen molar-refractivity contribution < 1.29 is 0 Å². The molecular weight excluding hydrogens is 821 g/mol. The molecule has 0 atom stereocenters. The predicted molar refractivity (Wildman–Crippen MR) is 288 cm³/mol. The molecule has 0 aliphatic heterocycles. The Balaban J connectivity index is 1.03. The number of rotatable bonds is 10. The smallest absolute Gasteiger partial charge is 0.0547 e. The lowest BCUT2D eigenvalue weighted by Crippen LogP contribution is -2.11. The Morgan fingerprint density at radius 1 is 0.235 bits per heavy atom. The zero-order valence-corrected chi connectivity index (χ0v) is 37.5. The number of para-hydroxylation sites is 2. The molecule has 0 saturated carbocycles. The predicted octanol–water partition coefficient (Wildman–Crippen LogP) is 18.3. The molecule has 0 unspecified atom stereocenters. The van der Waals surface area contributed by atoms with E-state index in [0.717, 1.165) is 45.0 Å². The molecule has 0 aliphatic rings. The quantitative estimate of drug-likeness (QED) is 0.133. The lowest BCUT2D eigenvalue weighted by atomic mass is 9.92. The van der Waals surface area contributed by atoms with E-state index >= 15 is 0 Å². The molecule has 2 nitrogen and oxygen atoms in total. The Morgan fingerprint density at radius 2 is 0.662 bits per heavy atom. The van der Waals surface area contributed by atoms with Gasteiger partial charge >= 0.3 is 0 Å². The fraction of sp³-hybridized carbons (Fsp3) is 0. The zero-order chi connectivity index (χ0) is 45.2. The minimum atomic E-state index is 1.08. The summed E-state index contributed by atoms with van der Waals surface area (Å²) >= 11 is 0. The number of fused-ring (bicyclic) bond motifs is 3. The summed E-state index contributed by atoms with van der Waals surface area (Å²) in [5.74, 6) is 0. The van der Waals surface area contributed by atoms with E-state index in [0.29, 0.717) is 0 Å². The Morgan fingerprint density at radius 3 is 1.26 bits per heavy atom. The van der Waals surface area contributed by atoms with Crippen LogP contribution in [0, 0.1) is 0 Å². The number of hydrogen-bond donors (Lipinski definition) is 0. The van der Waals surface area contributed by atoms with E-state index < -0.39 is 0 Å². The SMILES string of the molecule is c1ccc(-c2ccc(N(c3ccc(-c4ccccc4)cc3)c3ccccc3-c3ccccc3-c3ccc4c5ccccc5n(-c5cc(-c6ccccc6)ccc5-c5ccccc5)c4c3)cc2)cc1. The van der Waals surface area contributed by atoms with Crippen molar-refractivity contribution in [1.29, 1.82) is 0 Å². The molecule has 320 valence electrons. The molecule has 0 aliphatic carbocycles. The van der Waals surface area contributed by atoms with Gasteiger partial charge in [0.2, 0.25) is 0 Å². The summed E-state index contributed by atoms with van der Waals surface area (Å²) < 4.78 is 2.49. The lowest BCUT2D eigenvalue weighted by Gasteiger charge is -2.29. The number of aromatic nitrogens is 1. The minimum Gasteiger partial charge on any atom is -0.310 e. The van der Waals surface area contributed by atoms with Gasteiger partial charge < -0.3 is 9.47 Å². The molecule has 0 radical (unpaired) electrons. The van der Waals surface area contributed by atoms with Crippen LogP contribution >= 0.6 is 0 Å². The maximum Gasteiger partial charge on any atom is 0.0547 e. The first kappa shape index (κ1) is 40.5. The van der Waals surface area contributed by atoms with Gasteiger partial charge in [-0.2, -0.15) is 0 Å². The maximum atomic E-state index is 2.49. The van der Waals surface area contributed by atoms with Crippen molar-refractivity contribution in [1.82, 2.24) is 4.57 Å². The number of nitrogens with zero attached hydrogens (tertiary/aromatic N) is 2. The van der Waals surface area contributed by atoms with Crippen LogP contribution in [0.2, 0.25) is 0 Å². The molecule has 2 heteroatoms. The summed E-state index contributed by atoms with van der Waals surface area (Å²) in [4.78, 5) is 2.40. The van der Waals surface area contributed by atoms with Gasteiger partial charge in [-0.05, 0) is 104 Å². The van der Waals surface area contributed by atoms with Gasteiger partial charge in [0.05, 0.1) is 22.4 Å². The average molecular weight is 867 g/mol. The van der Waals surface area contributed by atoms with Crippen LogP contribution in [0.15, 0.2) is 279 Å². The summed E-state index contributed by atoms with van der Waals surface area (Å²) in [5.41, 5.74) is 20.9. The molecule has 68 heavy (non-hydrogen) atoms. The van der Waals surface area contributed by atoms with Crippen molar-refractivity contribution in [3.05, 3.63) is 279 Å². The topological polar surface area (TPSA) is 8.17 Å². The van der Waals surface area contributed by atoms with E-state index in [1.807, 2.05) is 0 Å². The standard InChI is InChI=1S/C66H46N2/c1-5-19-47(20-6-1)50-33-39-55(40-34-50)67(56-41-35-51(36-42-56)48-21-7-2-8-22-48)63-31-17-15-29-60(63)59-28-14-13-27-57(59)54-38-44-62-61-30-16-18-32-64(61)68(66(62)46-54)65-45-53(49-23-9-3-10-24-49)37-43-58(65)52-25-11-4-12-26-52/h1-46H. The summed E-state index contributed by atoms with van der Waals surface area (Å²) in [7, 11) is 0. The third-order valence-electron chi connectivity index (χ3n) is 13.2. The van der Waals surface area contributed by atoms with Gasteiger partial charge in [-0.1, -0.05) is 231 Å². The van der Waals surface area contributed by atoms with Gasteiger partial charge in [-0.15, -0.1) is 0 Å². The number of anilines is 3. The summed E-state index contributed by atoms with van der Waals surface area (Å²) in [6.45, 7) is 0. The molecule has 0 spiro atoms.